The van der Waals surface area contributed by atoms with Crippen LogP contribution in [0.3, 0.4) is 0 Å². The van der Waals surface area contributed by atoms with Crippen molar-refractivity contribution in [1.29, 1.82) is 0 Å². The zero-order chi connectivity index (χ0) is 17.4. The molecule has 0 aliphatic carbocycles. The van der Waals surface area contributed by atoms with E-state index in [1.165, 1.54) is 18.2 Å². The summed E-state index contributed by atoms with van der Waals surface area (Å²) in [6.45, 7) is 4.97. The number of ether oxygens (including phenoxy) is 1. The van der Waals surface area contributed by atoms with Gasteiger partial charge in [0.15, 0.2) is 0 Å². The minimum atomic E-state index is -1.41. The summed E-state index contributed by atoms with van der Waals surface area (Å²) < 4.78 is 5.20. The van der Waals surface area contributed by atoms with Crippen LogP contribution in [0.4, 0.5) is 5.69 Å². The van der Waals surface area contributed by atoms with Gasteiger partial charge in [0.1, 0.15) is 5.60 Å². The molecule has 1 aliphatic heterocycles. The number of hydrogen-bond acceptors (Lipinski definition) is 5. The van der Waals surface area contributed by atoms with E-state index in [-0.39, 0.29) is 24.1 Å². The van der Waals surface area contributed by atoms with Crippen LogP contribution in [0.5, 0.6) is 0 Å². The van der Waals surface area contributed by atoms with E-state index >= 15 is 0 Å². The molecule has 1 heterocycles. The van der Waals surface area contributed by atoms with Crippen molar-refractivity contribution < 1.29 is 29.0 Å². The molecule has 1 aromatic rings. The molecule has 122 valence electrons. The Kier molecular flexibility index (Phi) is 4.22. The third-order valence-electron chi connectivity index (χ3n) is 3.17. The highest BCUT2D eigenvalue weighted by Gasteiger charge is 2.35. The van der Waals surface area contributed by atoms with Crippen molar-refractivity contribution in [3.05, 3.63) is 29.3 Å². The first-order chi connectivity index (χ1) is 10.6. The molecule has 7 nitrogen and oxygen atoms in total. The van der Waals surface area contributed by atoms with Crippen LogP contribution in [-0.4, -0.2) is 34.5 Å². The van der Waals surface area contributed by atoms with Gasteiger partial charge in [-0.25, -0.2) is 14.5 Å². The Bertz CT molecular complexity index is 685. The van der Waals surface area contributed by atoms with Gasteiger partial charge in [-0.15, -0.1) is 0 Å². The van der Waals surface area contributed by atoms with Gasteiger partial charge in [0.05, 0.1) is 16.8 Å². The first-order valence-electron chi connectivity index (χ1n) is 7.07. The monoisotopic (exact) mass is 319 g/mol. The number of amides is 2. The molecule has 0 aromatic heterocycles. The number of benzene rings is 1. The maximum absolute atomic E-state index is 12.2. The first-order valence-corrected chi connectivity index (χ1v) is 7.07. The third-order valence-corrected chi connectivity index (χ3v) is 3.17. The fraction of sp³-hybridized carbons (Fsp3) is 0.375. The van der Waals surface area contributed by atoms with Crippen LogP contribution in [-0.2, 0) is 14.3 Å². The molecule has 0 radical (unpaired) electrons. The average molecular weight is 319 g/mol. The second-order valence-corrected chi connectivity index (χ2v) is 6.13. The SMILES string of the molecule is CC(C)(C)OC(=O)c1cccc(N2C(=O)CCC2=O)c1C(=O)O. The summed E-state index contributed by atoms with van der Waals surface area (Å²) in [4.78, 5) is 48.4. The van der Waals surface area contributed by atoms with Gasteiger partial charge >= 0.3 is 11.9 Å². The summed E-state index contributed by atoms with van der Waals surface area (Å²) in [6.07, 6.45) is 0.0448. The molecule has 1 aromatic carbocycles. The summed E-state index contributed by atoms with van der Waals surface area (Å²) in [5.41, 5.74) is -1.52. The molecule has 1 saturated heterocycles. The van der Waals surface area contributed by atoms with E-state index in [1.54, 1.807) is 20.8 Å². The van der Waals surface area contributed by atoms with Crippen LogP contribution < -0.4 is 4.90 Å². The van der Waals surface area contributed by atoms with Crippen molar-refractivity contribution >= 4 is 29.4 Å². The second-order valence-electron chi connectivity index (χ2n) is 6.13. The molecule has 2 rings (SSSR count). The number of nitrogens with zero attached hydrogens (tertiary/aromatic N) is 1. The maximum Gasteiger partial charge on any atom is 0.339 e. The predicted octanol–water partition coefficient (Wildman–Crippen LogP) is 1.99. The molecule has 0 bridgehead atoms. The van der Waals surface area contributed by atoms with Crippen LogP contribution in [0.1, 0.15) is 54.3 Å². The minimum absolute atomic E-state index is 0.0224. The number of rotatable bonds is 3. The number of anilines is 1. The minimum Gasteiger partial charge on any atom is -0.478 e. The number of carbonyl (C=O) groups is 4. The van der Waals surface area contributed by atoms with E-state index in [0.717, 1.165) is 4.90 Å². The lowest BCUT2D eigenvalue weighted by atomic mass is 10.0. The molecular weight excluding hydrogens is 302 g/mol. The zero-order valence-corrected chi connectivity index (χ0v) is 13.1. The Hall–Kier alpha value is -2.70. The molecule has 1 aliphatic rings. The molecule has 0 atom stereocenters. The quantitative estimate of drug-likeness (QED) is 0.675. The Morgan fingerprint density at radius 2 is 1.70 bits per heavy atom. The van der Waals surface area contributed by atoms with Crippen molar-refractivity contribution in [2.45, 2.75) is 39.2 Å². The smallest absolute Gasteiger partial charge is 0.339 e. The van der Waals surface area contributed by atoms with Gasteiger partial charge in [0.25, 0.3) is 0 Å². The summed E-state index contributed by atoms with van der Waals surface area (Å²) in [5, 5.41) is 9.47. The Balaban J connectivity index is 2.56. The number of hydrogen-bond donors (Lipinski definition) is 1. The lowest BCUT2D eigenvalue weighted by Gasteiger charge is -2.22. The highest BCUT2D eigenvalue weighted by Crippen LogP contribution is 2.30. The van der Waals surface area contributed by atoms with Crippen LogP contribution in [0.15, 0.2) is 18.2 Å². The summed E-state index contributed by atoms with van der Waals surface area (Å²) in [7, 11) is 0. The van der Waals surface area contributed by atoms with Crippen molar-refractivity contribution in [1.82, 2.24) is 0 Å². The lowest BCUT2D eigenvalue weighted by molar-refractivity contribution is -0.121. The van der Waals surface area contributed by atoms with Gasteiger partial charge in [-0.2, -0.15) is 0 Å². The number of carboxylic acids is 1. The van der Waals surface area contributed by atoms with Crippen molar-refractivity contribution in [2.24, 2.45) is 0 Å². The summed E-state index contributed by atoms with van der Waals surface area (Å²) in [5.74, 6) is -3.21. The summed E-state index contributed by atoms with van der Waals surface area (Å²) in [6, 6.07) is 4.05. The third kappa shape index (κ3) is 3.39. The molecule has 0 saturated carbocycles. The number of imide groups is 1. The van der Waals surface area contributed by atoms with Crippen molar-refractivity contribution in [2.75, 3.05) is 4.90 Å². The summed E-state index contributed by atoms with van der Waals surface area (Å²) >= 11 is 0. The van der Waals surface area contributed by atoms with Crippen molar-refractivity contribution in [3.63, 3.8) is 0 Å². The van der Waals surface area contributed by atoms with E-state index in [0.29, 0.717) is 0 Å². The molecule has 0 spiro atoms. The largest absolute Gasteiger partial charge is 0.478 e. The van der Waals surface area contributed by atoms with Gasteiger partial charge in [-0.3, -0.25) is 9.59 Å². The number of carbonyl (C=O) groups excluding carboxylic acids is 3. The fourth-order valence-corrected chi connectivity index (χ4v) is 2.30. The van der Waals surface area contributed by atoms with Crippen LogP contribution in [0, 0.1) is 0 Å². The average Bonchev–Trinajstić information content (AvgIpc) is 2.75. The Morgan fingerprint density at radius 3 is 2.17 bits per heavy atom. The molecule has 1 fully saturated rings. The van der Waals surface area contributed by atoms with E-state index in [9.17, 15) is 24.3 Å². The lowest BCUT2D eigenvalue weighted by Crippen LogP contribution is -2.31. The fourth-order valence-electron chi connectivity index (χ4n) is 2.30. The predicted molar refractivity (Wildman–Crippen MR) is 80.3 cm³/mol. The number of carboxylic acid groups (broad SMARTS) is 1. The van der Waals surface area contributed by atoms with Crippen molar-refractivity contribution in [3.8, 4) is 0 Å². The van der Waals surface area contributed by atoms with Crippen LogP contribution in [0.25, 0.3) is 0 Å². The molecule has 23 heavy (non-hydrogen) atoms. The topological polar surface area (TPSA) is 101 Å². The van der Waals surface area contributed by atoms with Crippen LogP contribution in [0.2, 0.25) is 0 Å². The van der Waals surface area contributed by atoms with E-state index in [4.69, 9.17) is 4.74 Å². The second kappa shape index (κ2) is 5.83. The van der Waals surface area contributed by atoms with E-state index in [1.807, 2.05) is 0 Å². The molecule has 0 unspecified atom stereocenters. The van der Waals surface area contributed by atoms with Gasteiger partial charge in [-0.05, 0) is 32.9 Å². The Labute approximate surface area is 132 Å². The van der Waals surface area contributed by atoms with E-state index < -0.39 is 34.9 Å². The first kappa shape index (κ1) is 16.7. The Morgan fingerprint density at radius 1 is 1.13 bits per heavy atom. The van der Waals surface area contributed by atoms with Gasteiger partial charge < -0.3 is 9.84 Å². The van der Waals surface area contributed by atoms with E-state index in [2.05, 4.69) is 0 Å². The molecular formula is C16H17NO6. The van der Waals surface area contributed by atoms with Crippen LogP contribution >= 0.6 is 0 Å². The highest BCUT2D eigenvalue weighted by atomic mass is 16.6. The number of aromatic carboxylic acids is 1. The molecule has 1 N–H and O–H groups in total. The molecule has 7 heteroatoms. The highest BCUT2D eigenvalue weighted by molar-refractivity contribution is 6.22. The van der Waals surface area contributed by atoms with Gasteiger partial charge in [0, 0.05) is 12.8 Å². The molecule has 2 amide bonds. The number of esters is 1. The van der Waals surface area contributed by atoms with Gasteiger partial charge in [0.2, 0.25) is 11.8 Å². The standard InChI is InChI=1S/C16H17NO6/c1-16(2,3)23-15(22)9-5-4-6-10(13(9)14(20)21)17-11(18)7-8-12(17)19/h4-6H,7-8H2,1-3H3,(H,20,21). The zero-order valence-electron chi connectivity index (χ0n) is 13.1. The maximum atomic E-state index is 12.2. The van der Waals surface area contributed by atoms with Gasteiger partial charge in [-0.1, -0.05) is 6.07 Å². The normalized spacial score (nSPS) is 15.0.